The van der Waals surface area contributed by atoms with Crippen molar-refractivity contribution in [3.05, 3.63) is 46.9 Å². The van der Waals surface area contributed by atoms with Gasteiger partial charge in [-0.15, -0.1) is 4.58 Å². The zero-order chi connectivity index (χ0) is 15.0. The molecule has 0 unspecified atom stereocenters. The van der Waals surface area contributed by atoms with E-state index in [4.69, 9.17) is 0 Å². The summed E-state index contributed by atoms with van der Waals surface area (Å²) in [6.07, 6.45) is 3.77. The summed E-state index contributed by atoms with van der Waals surface area (Å²) in [5, 5.41) is 1.02. The average molecular weight is 335 g/mol. The second-order valence-corrected chi connectivity index (χ2v) is 7.62. The Morgan fingerprint density at radius 1 is 1.38 bits per heavy atom. The third-order valence-corrected chi connectivity index (χ3v) is 6.92. The molecule has 0 fully saturated rings. The van der Waals surface area contributed by atoms with Crippen LogP contribution in [-0.2, 0) is 4.79 Å². The van der Waals surface area contributed by atoms with Crippen molar-refractivity contribution in [3.8, 4) is 0 Å². The van der Waals surface area contributed by atoms with E-state index >= 15 is 0 Å². The second-order valence-electron chi connectivity index (χ2n) is 4.54. The Morgan fingerprint density at radius 3 is 2.81 bits per heavy atom. The Bertz CT molecular complexity index is 694. The molecule has 1 aromatic rings. The van der Waals surface area contributed by atoms with E-state index in [0.29, 0.717) is 6.54 Å². The van der Waals surface area contributed by atoms with Crippen LogP contribution in [0.15, 0.2) is 51.8 Å². The summed E-state index contributed by atoms with van der Waals surface area (Å²) in [5.74, 6) is 0.0754. The molecule has 3 rings (SSSR count). The van der Waals surface area contributed by atoms with Gasteiger partial charge in [-0.25, -0.2) is 4.79 Å². The van der Waals surface area contributed by atoms with Gasteiger partial charge in [0, 0.05) is 23.7 Å². The number of rotatable bonds is 2. The zero-order valence-corrected chi connectivity index (χ0v) is 14.3. The molecule has 1 amide bonds. The lowest BCUT2D eigenvalue weighted by Gasteiger charge is -2.13. The van der Waals surface area contributed by atoms with Crippen molar-refractivity contribution in [2.75, 3.05) is 24.7 Å². The van der Waals surface area contributed by atoms with Crippen molar-refractivity contribution < 1.29 is 9.37 Å². The van der Waals surface area contributed by atoms with Crippen molar-refractivity contribution >= 4 is 51.3 Å². The molecule has 0 spiro atoms. The van der Waals surface area contributed by atoms with Gasteiger partial charge in [0.25, 0.3) is 4.38 Å². The number of benzene rings is 1. The molecule has 0 bridgehead atoms. The number of thioether (sulfide) groups is 3. The van der Waals surface area contributed by atoms with E-state index in [1.807, 2.05) is 25.4 Å². The van der Waals surface area contributed by atoms with E-state index in [9.17, 15) is 4.79 Å². The van der Waals surface area contributed by atoms with Gasteiger partial charge < -0.3 is 4.90 Å². The highest BCUT2D eigenvalue weighted by Gasteiger charge is 2.42. The fourth-order valence-corrected chi connectivity index (χ4v) is 5.42. The summed E-state index contributed by atoms with van der Waals surface area (Å²) in [5.41, 5.74) is 1.16. The molecule has 6 heteroatoms. The molecule has 0 radical (unpaired) electrons. The van der Waals surface area contributed by atoms with Crippen LogP contribution in [0.1, 0.15) is 0 Å². The van der Waals surface area contributed by atoms with Crippen LogP contribution < -0.4 is 4.90 Å². The van der Waals surface area contributed by atoms with Crippen molar-refractivity contribution in [1.29, 1.82) is 0 Å². The van der Waals surface area contributed by atoms with Gasteiger partial charge in [-0.05, 0) is 24.5 Å². The van der Waals surface area contributed by atoms with Crippen LogP contribution in [0.25, 0.3) is 0 Å². The minimum atomic E-state index is 0.0754. The van der Waals surface area contributed by atoms with Gasteiger partial charge in [-0.2, -0.15) is 0 Å². The molecule has 2 aliphatic rings. The molecule has 0 saturated carbocycles. The third-order valence-electron chi connectivity index (χ3n) is 3.27. The van der Waals surface area contributed by atoms with Gasteiger partial charge in [0.2, 0.25) is 0 Å². The molecule has 21 heavy (non-hydrogen) atoms. The Morgan fingerprint density at radius 2 is 2.14 bits per heavy atom. The van der Waals surface area contributed by atoms with E-state index in [0.717, 1.165) is 20.0 Å². The van der Waals surface area contributed by atoms with Gasteiger partial charge >= 0.3 is 5.91 Å². The highest BCUT2D eigenvalue weighted by molar-refractivity contribution is 8.40. The minimum absolute atomic E-state index is 0.0754. The van der Waals surface area contributed by atoms with Crippen molar-refractivity contribution in [3.63, 3.8) is 0 Å². The lowest BCUT2D eigenvalue weighted by molar-refractivity contribution is -0.426. The maximum Gasteiger partial charge on any atom is 0.430 e. The highest BCUT2D eigenvalue weighted by Crippen LogP contribution is 2.49. The fourth-order valence-electron chi connectivity index (χ4n) is 2.27. The van der Waals surface area contributed by atoms with Gasteiger partial charge in [0.15, 0.2) is 11.4 Å². The number of hydrogen-bond donors (Lipinski definition) is 0. The first-order valence-corrected chi connectivity index (χ1v) is 9.29. The molecule has 0 saturated heterocycles. The first-order valence-electron chi connectivity index (χ1n) is 6.43. The summed E-state index contributed by atoms with van der Waals surface area (Å²) in [7, 11) is 2.02. The fraction of sp³-hybridized carbons (Fsp3) is 0.200. The van der Waals surface area contributed by atoms with Crippen molar-refractivity contribution in [2.45, 2.75) is 4.90 Å². The van der Waals surface area contributed by atoms with Crippen LogP contribution in [0.4, 0.5) is 5.69 Å². The van der Waals surface area contributed by atoms with Crippen LogP contribution in [-0.4, -0.2) is 34.7 Å². The quantitative estimate of drug-likeness (QED) is 0.467. The van der Waals surface area contributed by atoms with E-state index in [2.05, 4.69) is 23.6 Å². The molecule has 0 N–H and O–H groups in total. The zero-order valence-electron chi connectivity index (χ0n) is 11.8. The number of nitrogens with zero attached hydrogens (tertiary/aromatic N) is 2. The Balaban J connectivity index is 2.00. The molecule has 0 aliphatic carbocycles. The van der Waals surface area contributed by atoms with Crippen molar-refractivity contribution in [2.24, 2.45) is 0 Å². The van der Waals surface area contributed by atoms with Gasteiger partial charge in [-0.3, -0.25) is 0 Å². The predicted octanol–water partition coefficient (Wildman–Crippen LogP) is 3.59. The number of amides is 1. The standard InChI is InChI=1S/C15H15N2OS3/c1-4-9-17-13(18)12(21-15(17)19-3)14-16(2)10-7-5-6-8-11(10)20-14/h4-8H,1,9H2,2-3H3/q+1. The maximum atomic E-state index is 12.7. The number of hydrogen-bond acceptors (Lipinski definition) is 5. The topological polar surface area (TPSA) is 23.3 Å². The SMILES string of the molecule is C=CC[N+]1=C(SC)SC(=C2Sc3ccccc3N2C)C1=O. The lowest BCUT2D eigenvalue weighted by Crippen LogP contribution is -2.21. The number of para-hydroxylation sites is 1. The lowest BCUT2D eigenvalue weighted by atomic mass is 10.3. The summed E-state index contributed by atoms with van der Waals surface area (Å²) in [4.78, 5) is 16.8. The first-order chi connectivity index (χ1) is 10.2. The van der Waals surface area contributed by atoms with Crippen LogP contribution in [0, 0.1) is 0 Å². The van der Waals surface area contributed by atoms with Crippen LogP contribution >= 0.6 is 35.3 Å². The molecule has 2 heterocycles. The average Bonchev–Trinajstić information content (AvgIpc) is 2.99. The molecule has 3 nitrogen and oxygen atoms in total. The van der Waals surface area contributed by atoms with Gasteiger partial charge in [-0.1, -0.05) is 42.2 Å². The van der Waals surface area contributed by atoms with E-state index < -0.39 is 0 Å². The monoisotopic (exact) mass is 335 g/mol. The summed E-state index contributed by atoms with van der Waals surface area (Å²) in [6, 6.07) is 8.23. The third kappa shape index (κ3) is 2.45. The van der Waals surface area contributed by atoms with Crippen LogP contribution in [0.2, 0.25) is 0 Å². The molecule has 0 atom stereocenters. The van der Waals surface area contributed by atoms with E-state index in [1.54, 1.807) is 45.9 Å². The number of anilines is 1. The minimum Gasteiger partial charge on any atom is -0.337 e. The molecule has 1 aromatic carbocycles. The molecule has 108 valence electrons. The van der Waals surface area contributed by atoms with Crippen LogP contribution in [0.5, 0.6) is 0 Å². The summed E-state index contributed by atoms with van der Waals surface area (Å²) < 4.78 is 2.81. The molecular weight excluding hydrogens is 320 g/mol. The largest absolute Gasteiger partial charge is 0.430 e. The van der Waals surface area contributed by atoms with Gasteiger partial charge in [0.1, 0.15) is 5.03 Å². The Hall–Kier alpha value is -1.11. The summed E-state index contributed by atoms with van der Waals surface area (Å²) >= 11 is 4.84. The number of fused-ring (bicyclic) bond motifs is 1. The number of carbonyl (C=O) groups is 1. The second kappa shape index (κ2) is 5.94. The highest BCUT2D eigenvalue weighted by atomic mass is 32.2. The Labute approximate surface area is 137 Å². The van der Waals surface area contributed by atoms with Gasteiger partial charge in [0.05, 0.1) is 5.69 Å². The van der Waals surface area contributed by atoms with E-state index in [-0.39, 0.29) is 5.91 Å². The number of carbonyl (C=O) groups excluding carboxylic acids is 1. The predicted molar refractivity (Wildman–Crippen MR) is 94.2 cm³/mol. The summed E-state index contributed by atoms with van der Waals surface area (Å²) in [6.45, 7) is 4.30. The van der Waals surface area contributed by atoms with Crippen LogP contribution in [0.3, 0.4) is 0 Å². The first kappa shape index (κ1) is 14.8. The maximum absolute atomic E-state index is 12.7. The normalized spacial score (nSPS) is 21.2. The molecule has 2 aliphatic heterocycles. The smallest absolute Gasteiger partial charge is 0.337 e. The molecular formula is C15H15N2OS3+. The van der Waals surface area contributed by atoms with E-state index in [1.165, 1.54) is 4.90 Å². The molecule has 0 aromatic heterocycles. The van der Waals surface area contributed by atoms with Crippen molar-refractivity contribution in [1.82, 2.24) is 0 Å². The Kier molecular flexibility index (Phi) is 4.19.